The molecule has 2 heterocycles. The Hall–Kier alpha value is -2.30. The van der Waals surface area contributed by atoms with Crippen molar-refractivity contribution in [1.29, 1.82) is 0 Å². The van der Waals surface area contributed by atoms with Crippen LogP contribution in [0.15, 0.2) is 33.9 Å². The number of aromatic nitrogens is 1. The second kappa shape index (κ2) is 4.52. The number of hydrogen-bond donors (Lipinski definition) is 1. The van der Waals surface area contributed by atoms with Crippen LogP contribution >= 0.6 is 0 Å². The lowest BCUT2D eigenvalue weighted by atomic mass is 10.1. The maximum absolute atomic E-state index is 12.1. The zero-order chi connectivity index (χ0) is 13.3. The van der Waals surface area contributed by atoms with Crippen molar-refractivity contribution in [3.8, 4) is 0 Å². The second-order valence-corrected chi connectivity index (χ2v) is 4.17. The maximum atomic E-state index is 12.1. The van der Waals surface area contributed by atoms with Gasteiger partial charge in [0, 0.05) is 11.3 Å². The topological polar surface area (TPSA) is 72.4 Å². The molecule has 0 saturated heterocycles. The molecule has 94 valence electrons. The molecule has 0 saturated carbocycles. The summed E-state index contributed by atoms with van der Waals surface area (Å²) in [6.45, 7) is 3.71. The summed E-state index contributed by atoms with van der Waals surface area (Å²) in [6, 6.07) is 3.44. The van der Waals surface area contributed by atoms with Crippen molar-refractivity contribution in [3.05, 3.63) is 57.4 Å². The lowest BCUT2D eigenvalue weighted by molar-refractivity contribution is 0.0693. The summed E-state index contributed by atoms with van der Waals surface area (Å²) in [5.41, 5.74) is 1.36. The Bertz CT molecular complexity index is 638. The summed E-state index contributed by atoms with van der Waals surface area (Å²) >= 11 is 0. The fourth-order valence-corrected chi connectivity index (χ4v) is 1.95. The van der Waals surface area contributed by atoms with Gasteiger partial charge in [-0.1, -0.05) is 0 Å². The number of carbonyl (C=O) groups is 1. The van der Waals surface area contributed by atoms with Gasteiger partial charge < -0.3 is 14.1 Å². The van der Waals surface area contributed by atoms with Gasteiger partial charge in [-0.15, -0.1) is 0 Å². The smallest absolute Gasteiger partial charge is 0.341 e. The van der Waals surface area contributed by atoms with Crippen molar-refractivity contribution in [3.63, 3.8) is 0 Å². The molecule has 2 aromatic rings. The average molecular weight is 247 g/mol. The minimum atomic E-state index is -1.20. The number of hydrogen-bond acceptors (Lipinski definition) is 3. The predicted octanol–water partition coefficient (Wildman–Crippen LogP) is 1.80. The van der Waals surface area contributed by atoms with E-state index in [1.807, 2.05) is 0 Å². The van der Waals surface area contributed by atoms with Gasteiger partial charge in [0.05, 0.1) is 19.1 Å². The molecule has 0 unspecified atom stereocenters. The zero-order valence-corrected chi connectivity index (χ0v) is 10.1. The summed E-state index contributed by atoms with van der Waals surface area (Å²) in [7, 11) is 0. The monoisotopic (exact) mass is 247 g/mol. The van der Waals surface area contributed by atoms with Crippen LogP contribution in [-0.2, 0) is 6.54 Å². The van der Waals surface area contributed by atoms with Crippen molar-refractivity contribution >= 4 is 5.97 Å². The Morgan fingerprint density at radius 3 is 2.72 bits per heavy atom. The first kappa shape index (κ1) is 12.2. The molecule has 0 aliphatic rings. The van der Waals surface area contributed by atoms with Gasteiger partial charge in [-0.3, -0.25) is 4.79 Å². The summed E-state index contributed by atoms with van der Waals surface area (Å²) in [6.07, 6.45) is 3.05. The van der Waals surface area contributed by atoms with Crippen LogP contribution in [0.3, 0.4) is 0 Å². The molecular weight excluding hydrogens is 234 g/mol. The Labute approximate surface area is 103 Å². The van der Waals surface area contributed by atoms with E-state index in [-0.39, 0.29) is 5.56 Å². The highest BCUT2D eigenvalue weighted by atomic mass is 16.4. The minimum Gasteiger partial charge on any atom is -0.477 e. The van der Waals surface area contributed by atoms with Crippen LogP contribution in [-0.4, -0.2) is 15.6 Å². The third kappa shape index (κ3) is 2.07. The molecule has 0 radical (unpaired) electrons. The molecule has 0 aromatic carbocycles. The number of aryl methyl sites for hydroxylation is 2. The molecule has 5 nitrogen and oxygen atoms in total. The predicted molar refractivity (Wildman–Crippen MR) is 64.9 cm³/mol. The van der Waals surface area contributed by atoms with Crippen LogP contribution < -0.4 is 5.56 Å². The summed E-state index contributed by atoms with van der Waals surface area (Å²) < 4.78 is 6.37. The summed E-state index contributed by atoms with van der Waals surface area (Å²) in [5, 5.41) is 9.06. The molecule has 18 heavy (non-hydrogen) atoms. The van der Waals surface area contributed by atoms with Crippen molar-refractivity contribution < 1.29 is 14.3 Å². The van der Waals surface area contributed by atoms with Gasteiger partial charge in [-0.05, 0) is 31.5 Å². The molecule has 2 rings (SSSR count). The third-order valence-electron chi connectivity index (χ3n) is 2.84. The molecular formula is C13H13NO4. The molecule has 0 amide bonds. The van der Waals surface area contributed by atoms with E-state index >= 15 is 0 Å². The Morgan fingerprint density at radius 2 is 2.17 bits per heavy atom. The fraction of sp³-hybridized carbons (Fsp3) is 0.231. The van der Waals surface area contributed by atoms with Gasteiger partial charge in [0.1, 0.15) is 5.56 Å². The third-order valence-corrected chi connectivity index (χ3v) is 2.84. The van der Waals surface area contributed by atoms with E-state index in [0.717, 1.165) is 11.3 Å². The number of nitrogens with zero attached hydrogens (tertiary/aromatic N) is 1. The van der Waals surface area contributed by atoms with E-state index in [1.165, 1.54) is 17.1 Å². The Kier molecular flexibility index (Phi) is 3.06. The number of rotatable bonds is 3. The number of carboxylic acid groups (broad SMARTS) is 1. The molecule has 0 atom stereocenters. The minimum absolute atomic E-state index is 0.177. The van der Waals surface area contributed by atoms with E-state index in [2.05, 4.69) is 0 Å². The SMILES string of the molecule is Cc1cc(C)n(Cc2ccoc2)c(=O)c1C(=O)O. The van der Waals surface area contributed by atoms with Crippen LogP contribution in [0.5, 0.6) is 0 Å². The average Bonchev–Trinajstić information content (AvgIpc) is 2.75. The lowest BCUT2D eigenvalue weighted by Gasteiger charge is -2.11. The molecule has 0 fully saturated rings. The first-order valence-corrected chi connectivity index (χ1v) is 5.46. The molecule has 0 aliphatic heterocycles. The van der Waals surface area contributed by atoms with Crippen molar-refractivity contribution in [2.45, 2.75) is 20.4 Å². The number of furan rings is 1. The molecule has 5 heteroatoms. The van der Waals surface area contributed by atoms with Crippen LogP contribution in [0.2, 0.25) is 0 Å². The first-order chi connectivity index (χ1) is 8.50. The maximum Gasteiger partial charge on any atom is 0.341 e. The zero-order valence-electron chi connectivity index (χ0n) is 10.1. The second-order valence-electron chi connectivity index (χ2n) is 4.17. The number of aromatic carboxylic acids is 1. The van der Waals surface area contributed by atoms with Gasteiger partial charge in [-0.2, -0.15) is 0 Å². The van der Waals surface area contributed by atoms with Crippen LogP contribution in [0.1, 0.15) is 27.2 Å². The highest BCUT2D eigenvalue weighted by Crippen LogP contribution is 2.09. The van der Waals surface area contributed by atoms with E-state index in [9.17, 15) is 9.59 Å². The van der Waals surface area contributed by atoms with E-state index < -0.39 is 11.5 Å². The van der Waals surface area contributed by atoms with E-state index in [0.29, 0.717) is 12.1 Å². The van der Waals surface area contributed by atoms with Crippen molar-refractivity contribution in [2.75, 3.05) is 0 Å². The largest absolute Gasteiger partial charge is 0.477 e. The first-order valence-electron chi connectivity index (χ1n) is 5.46. The van der Waals surface area contributed by atoms with Gasteiger partial charge in [-0.25, -0.2) is 4.79 Å². The highest BCUT2D eigenvalue weighted by molar-refractivity contribution is 5.88. The van der Waals surface area contributed by atoms with E-state index in [4.69, 9.17) is 9.52 Å². The summed E-state index contributed by atoms with van der Waals surface area (Å²) in [4.78, 5) is 23.2. The van der Waals surface area contributed by atoms with Crippen LogP contribution in [0.4, 0.5) is 0 Å². The number of pyridine rings is 1. The van der Waals surface area contributed by atoms with Crippen molar-refractivity contribution in [2.24, 2.45) is 0 Å². The van der Waals surface area contributed by atoms with E-state index in [1.54, 1.807) is 26.0 Å². The van der Waals surface area contributed by atoms with Gasteiger partial charge in [0.2, 0.25) is 0 Å². The summed E-state index contributed by atoms with van der Waals surface area (Å²) in [5.74, 6) is -1.20. The van der Waals surface area contributed by atoms with Gasteiger partial charge in [0.15, 0.2) is 0 Å². The molecule has 0 aliphatic carbocycles. The molecule has 0 spiro atoms. The van der Waals surface area contributed by atoms with Crippen LogP contribution in [0, 0.1) is 13.8 Å². The van der Waals surface area contributed by atoms with Crippen molar-refractivity contribution in [1.82, 2.24) is 4.57 Å². The molecule has 2 aromatic heterocycles. The molecule has 1 N–H and O–H groups in total. The van der Waals surface area contributed by atoms with Gasteiger partial charge in [0.25, 0.3) is 5.56 Å². The Balaban J connectivity index is 2.57. The quantitative estimate of drug-likeness (QED) is 0.897. The van der Waals surface area contributed by atoms with Crippen LogP contribution in [0.25, 0.3) is 0 Å². The van der Waals surface area contributed by atoms with Gasteiger partial charge >= 0.3 is 5.97 Å². The lowest BCUT2D eigenvalue weighted by Crippen LogP contribution is -2.29. The fourth-order valence-electron chi connectivity index (χ4n) is 1.95. The Morgan fingerprint density at radius 1 is 1.44 bits per heavy atom. The number of carboxylic acids is 1. The normalized spacial score (nSPS) is 10.6. The standard InChI is InChI=1S/C13H13NO4/c1-8-5-9(2)14(6-10-3-4-18-7-10)12(15)11(8)13(16)17/h3-5,7H,6H2,1-2H3,(H,16,17). The molecule has 0 bridgehead atoms. The highest BCUT2D eigenvalue weighted by Gasteiger charge is 2.16.